The standard InChI is InChI=1S/C14H22N4S2/c1-3-7-16-14-17-12(15-8-4-5-9-19-2)11-6-10-20-13(11)18-14/h6,10H,3-5,7-9H2,1-2H3,(H2,15,16,17,18). The van der Waals surface area contributed by atoms with Crippen molar-refractivity contribution in [1.29, 1.82) is 0 Å². The van der Waals surface area contributed by atoms with Crippen LogP contribution in [0.2, 0.25) is 0 Å². The zero-order valence-electron chi connectivity index (χ0n) is 12.1. The zero-order valence-corrected chi connectivity index (χ0v) is 13.7. The molecule has 2 N–H and O–H groups in total. The van der Waals surface area contributed by atoms with E-state index in [-0.39, 0.29) is 0 Å². The Kier molecular flexibility index (Phi) is 6.39. The first-order chi connectivity index (χ1) is 9.85. The topological polar surface area (TPSA) is 49.8 Å². The molecule has 0 atom stereocenters. The van der Waals surface area contributed by atoms with Crippen molar-refractivity contribution in [2.45, 2.75) is 26.2 Å². The molecule has 0 unspecified atom stereocenters. The summed E-state index contributed by atoms with van der Waals surface area (Å²) in [7, 11) is 0. The number of thiophene rings is 1. The molecule has 0 aliphatic heterocycles. The highest BCUT2D eigenvalue weighted by atomic mass is 32.2. The summed E-state index contributed by atoms with van der Waals surface area (Å²) in [5.74, 6) is 2.91. The molecule has 0 bridgehead atoms. The van der Waals surface area contributed by atoms with Gasteiger partial charge in [-0.15, -0.1) is 11.3 Å². The minimum atomic E-state index is 0.730. The van der Waals surface area contributed by atoms with E-state index in [4.69, 9.17) is 0 Å². The first-order valence-electron chi connectivity index (χ1n) is 7.07. The second kappa shape index (κ2) is 8.32. The van der Waals surface area contributed by atoms with Gasteiger partial charge in [-0.25, -0.2) is 4.98 Å². The van der Waals surface area contributed by atoms with Crippen LogP contribution in [0.15, 0.2) is 11.4 Å². The van der Waals surface area contributed by atoms with Gasteiger partial charge in [-0.1, -0.05) is 6.92 Å². The third-order valence-corrected chi connectivity index (χ3v) is 4.43. The van der Waals surface area contributed by atoms with E-state index in [1.54, 1.807) is 11.3 Å². The van der Waals surface area contributed by atoms with Crippen molar-refractivity contribution >= 4 is 45.1 Å². The summed E-state index contributed by atoms with van der Waals surface area (Å²) >= 11 is 3.56. The van der Waals surface area contributed by atoms with E-state index in [0.717, 1.165) is 41.5 Å². The molecule has 0 aliphatic carbocycles. The van der Waals surface area contributed by atoms with Crippen LogP contribution < -0.4 is 10.6 Å². The molecule has 0 aliphatic rings. The molecule has 0 radical (unpaired) electrons. The summed E-state index contributed by atoms with van der Waals surface area (Å²) in [6.45, 7) is 4.02. The highest BCUT2D eigenvalue weighted by Gasteiger charge is 2.08. The van der Waals surface area contributed by atoms with Crippen LogP contribution in [-0.4, -0.2) is 35.1 Å². The Morgan fingerprint density at radius 1 is 1.20 bits per heavy atom. The van der Waals surface area contributed by atoms with E-state index in [1.807, 2.05) is 11.8 Å². The Bertz CT molecular complexity index is 527. The molecule has 110 valence electrons. The molecule has 2 aromatic rings. The Balaban J connectivity index is 2.03. The number of thioether (sulfide) groups is 1. The summed E-state index contributed by atoms with van der Waals surface area (Å²) in [6.07, 6.45) is 5.64. The number of nitrogens with one attached hydrogen (secondary N) is 2. The van der Waals surface area contributed by atoms with Crippen molar-refractivity contribution in [3.63, 3.8) is 0 Å². The molecule has 0 amide bonds. The molecule has 0 spiro atoms. The molecule has 2 heterocycles. The van der Waals surface area contributed by atoms with Gasteiger partial charge < -0.3 is 10.6 Å². The van der Waals surface area contributed by atoms with Crippen LogP contribution in [0.4, 0.5) is 11.8 Å². The van der Waals surface area contributed by atoms with Crippen molar-refractivity contribution < 1.29 is 0 Å². The smallest absolute Gasteiger partial charge is 0.226 e. The van der Waals surface area contributed by atoms with E-state index in [9.17, 15) is 0 Å². The summed E-state index contributed by atoms with van der Waals surface area (Å²) in [5, 5.41) is 9.92. The van der Waals surface area contributed by atoms with Crippen molar-refractivity contribution in [2.24, 2.45) is 0 Å². The number of rotatable bonds is 9. The van der Waals surface area contributed by atoms with Crippen molar-refractivity contribution in [2.75, 3.05) is 35.7 Å². The average molecular weight is 310 g/mol. The van der Waals surface area contributed by atoms with E-state index in [2.05, 4.69) is 45.2 Å². The molecular weight excluding hydrogens is 288 g/mol. The Morgan fingerprint density at radius 2 is 2.10 bits per heavy atom. The van der Waals surface area contributed by atoms with Crippen LogP contribution in [0.3, 0.4) is 0 Å². The lowest BCUT2D eigenvalue weighted by Gasteiger charge is -2.09. The zero-order chi connectivity index (χ0) is 14.2. The third-order valence-electron chi connectivity index (χ3n) is 2.93. The highest BCUT2D eigenvalue weighted by molar-refractivity contribution is 7.98. The van der Waals surface area contributed by atoms with Crippen molar-refractivity contribution in [3.05, 3.63) is 11.4 Å². The molecule has 2 rings (SSSR count). The van der Waals surface area contributed by atoms with Gasteiger partial charge in [0.05, 0.1) is 5.39 Å². The van der Waals surface area contributed by atoms with E-state index < -0.39 is 0 Å². The largest absolute Gasteiger partial charge is 0.369 e. The van der Waals surface area contributed by atoms with Crippen LogP contribution in [0.1, 0.15) is 26.2 Å². The van der Waals surface area contributed by atoms with Crippen LogP contribution in [-0.2, 0) is 0 Å². The van der Waals surface area contributed by atoms with Crippen LogP contribution in [0.5, 0.6) is 0 Å². The van der Waals surface area contributed by atoms with Gasteiger partial charge in [0, 0.05) is 13.1 Å². The van der Waals surface area contributed by atoms with Crippen molar-refractivity contribution in [1.82, 2.24) is 9.97 Å². The van der Waals surface area contributed by atoms with Gasteiger partial charge in [-0.05, 0) is 42.7 Å². The van der Waals surface area contributed by atoms with E-state index in [1.165, 1.54) is 18.6 Å². The molecule has 6 heteroatoms. The summed E-state index contributed by atoms with van der Waals surface area (Å²) < 4.78 is 0. The number of unbranched alkanes of at least 4 members (excludes halogenated alkanes) is 1. The minimum Gasteiger partial charge on any atom is -0.369 e. The predicted octanol–water partition coefficient (Wildman–Crippen LogP) is 4.07. The first-order valence-corrected chi connectivity index (χ1v) is 9.34. The molecule has 2 aromatic heterocycles. The van der Waals surface area contributed by atoms with Gasteiger partial charge >= 0.3 is 0 Å². The van der Waals surface area contributed by atoms with Gasteiger partial charge in [-0.2, -0.15) is 16.7 Å². The molecule has 0 fully saturated rings. The lowest BCUT2D eigenvalue weighted by Crippen LogP contribution is -2.08. The van der Waals surface area contributed by atoms with Gasteiger partial charge in [-0.3, -0.25) is 0 Å². The van der Waals surface area contributed by atoms with E-state index >= 15 is 0 Å². The minimum absolute atomic E-state index is 0.730. The number of aromatic nitrogens is 2. The number of hydrogen-bond donors (Lipinski definition) is 2. The maximum atomic E-state index is 4.60. The van der Waals surface area contributed by atoms with Crippen LogP contribution in [0.25, 0.3) is 10.2 Å². The SMILES string of the molecule is CCCNc1nc(NCCCCSC)c2ccsc2n1. The first kappa shape index (κ1) is 15.4. The van der Waals surface area contributed by atoms with Crippen molar-refractivity contribution in [3.8, 4) is 0 Å². The lowest BCUT2D eigenvalue weighted by atomic mass is 10.3. The monoisotopic (exact) mass is 310 g/mol. The molecule has 4 nitrogen and oxygen atoms in total. The molecule has 0 saturated heterocycles. The number of anilines is 2. The maximum absolute atomic E-state index is 4.60. The third kappa shape index (κ3) is 4.24. The maximum Gasteiger partial charge on any atom is 0.226 e. The number of fused-ring (bicyclic) bond motifs is 1. The highest BCUT2D eigenvalue weighted by Crippen LogP contribution is 2.26. The normalized spacial score (nSPS) is 10.9. The number of nitrogens with zero attached hydrogens (tertiary/aromatic N) is 2. The van der Waals surface area contributed by atoms with Crippen LogP contribution in [0, 0.1) is 0 Å². The van der Waals surface area contributed by atoms with Gasteiger partial charge in [0.1, 0.15) is 10.6 Å². The van der Waals surface area contributed by atoms with Gasteiger partial charge in [0.15, 0.2) is 0 Å². The molecular formula is C14H22N4S2. The fourth-order valence-electron chi connectivity index (χ4n) is 1.88. The number of hydrogen-bond acceptors (Lipinski definition) is 6. The fraction of sp³-hybridized carbons (Fsp3) is 0.571. The quantitative estimate of drug-likeness (QED) is 0.684. The summed E-state index contributed by atoms with van der Waals surface area (Å²) in [6, 6.07) is 2.09. The average Bonchev–Trinajstić information content (AvgIpc) is 2.93. The second-order valence-corrected chi connectivity index (χ2v) is 6.47. The van der Waals surface area contributed by atoms with E-state index in [0.29, 0.717) is 0 Å². The predicted molar refractivity (Wildman–Crippen MR) is 92.3 cm³/mol. The Hall–Kier alpha value is -1.01. The lowest BCUT2D eigenvalue weighted by molar-refractivity contribution is 0.840. The fourth-order valence-corrected chi connectivity index (χ4v) is 3.14. The van der Waals surface area contributed by atoms with Gasteiger partial charge in [0.2, 0.25) is 5.95 Å². The second-order valence-electron chi connectivity index (χ2n) is 4.59. The Labute approximate surface area is 128 Å². The van der Waals surface area contributed by atoms with Crippen LogP contribution >= 0.6 is 23.1 Å². The molecule has 20 heavy (non-hydrogen) atoms. The molecule has 0 saturated carbocycles. The summed E-state index contributed by atoms with van der Waals surface area (Å²) in [5.41, 5.74) is 0. The summed E-state index contributed by atoms with van der Waals surface area (Å²) in [4.78, 5) is 10.2. The van der Waals surface area contributed by atoms with Gasteiger partial charge in [0.25, 0.3) is 0 Å². The molecule has 0 aromatic carbocycles. The Morgan fingerprint density at radius 3 is 2.90 bits per heavy atom.